The highest BCUT2D eigenvalue weighted by atomic mass is 32.2. The lowest BCUT2D eigenvalue weighted by Crippen LogP contribution is -2.40. The summed E-state index contributed by atoms with van der Waals surface area (Å²) in [4.78, 5) is 0. The lowest BCUT2D eigenvalue weighted by molar-refractivity contribution is 0.0589. The van der Waals surface area contributed by atoms with E-state index in [9.17, 15) is 0 Å². The van der Waals surface area contributed by atoms with Gasteiger partial charge < -0.3 is 10.1 Å². The van der Waals surface area contributed by atoms with Crippen LogP contribution in [0.5, 0.6) is 0 Å². The van der Waals surface area contributed by atoms with Crippen LogP contribution < -0.4 is 5.32 Å². The number of hydrogen-bond acceptors (Lipinski definition) is 3. The number of thioether (sulfide) groups is 1. The summed E-state index contributed by atoms with van der Waals surface area (Å²) in [7, 11) is 1.84. The molecular formula is C12H23NOS. The van der Waals surface area contributed by atoms with Crippen LogP contribution in [0.1, 0.15) is 38.5 Å². The Labute approximate surface area is 97.5 Å². The van der Waals surface area contributed by atoms with E-state index in [-0.39, 0.29) is 0 Å². The Kier molecular flexibility index (Phi) is 3.97. The van der Waals surface area contributed by atoms with Crippen molar-refractivity contribution in [2.24, 2.45) is 0 Å². The zero-order chi connectivity index (χ0) is 10.7. The van der Waals surface area contributed by atoms with Crippen molar-refractivity contribution in [3.8, 4) is 0 Å². The van der Waals surface area contributed by atoms with Crippen molar-refractivity contribution in [2.45, 2.75) is 55.4 Å². The van der Waals surface area contributed by atoms with Gasteiger partial charge in [-0.05, 0) is 44.8 Å². The van der Waals surface area contributed by atoms with Gasteiger partial charge in [-0.15, -0.1) is 0 Å². The summed E-state index contributed by atoms with van der Waals surface area (Å²) in [5.74, 6) is 0. The fraction of sp³-hybridized carbons (Fsp3) is 1.00. The maximum atomic E-state index is 5.45. The minimum atomic E-state index is 0.501. The fourth-order valence-electron chi connectivity index (χ4n) is 2.47. The highest BCUT2D eigenvalue weighted by Gasteiger charge is 2.41. The van der Waals surface area contributed by atoms with E-state index in [1.807, 2.05) is 18.9 Å². The average molecular weight is 229 g/mol. The summed E-state index contributed by atoms with van der Waals surface area (Å²) < 4.78 is 6.05. The molecule has 2 saturated carbocycles. The van der Waals surface area contributed by atoms with Crippen LogP contribution in [0.4, 0.5) is 0 Å². The molecule has 0 aromatic rings. The molecule has 2 unspecified atom stereocenters. The summed E-state index contributed by atoms with van der Waals surface area (Å²) in [5.41, 5.74) is 0. The minimum absolute atomic E-state index is 0.501. The summed E-state index contributed by atoms with van der Waals surface area (Å²) in [6, 6.07) is 0.702. The third-order valence-electron chi connectivity index (χ3n) is 3.91. The molecule has 88 valence electrons. The molecule has 2 atom stereocenters. The SMILES string of the molecule is COC1CCCC(NCC2(SC)CC2)C1. The van der Waals surface area contributed by atoms with Crippen molar-refractivity contribution in [1.29, 1.82) is 0 Å². The van der Waals surface area contributed by atoms with Gasteiger partial charge in [-0.25, -0.2) is 0 Å². The van der Waals surface area contributed by atoms with Gasteiger partial charge in [0.1, 0.15) is 0 Å². The molecule has 0 aromatic carbocycles. The van der Waals surface area contributed by atoms with Crippen LogP contribution in [-0.4, -0.2) is 36.8 Å². The molecule has 0 radical (unpaired) electrons. The Morgan fingerprint density at radius 1 is 1.40 bits per heavy atom. The first-order chi connectivity index (χ1) is 7.28. The molecule has 0 amide bonds. The molecule has 0 heterocycles. The Morgan fingerprint density at radius 2 is 2.20 bits per heavy atom. The van der Waals surface area contributed by atoms with E-state index in [0.29, 0.717) is 16.9 Å². The number of nitrogens with one attached hydrogen (secondary N) is 1. The number of rotatable bonds is 5. The number of hydrogen-bond donors (Lipinski definition) is 1. The predicted molar refractivity (Wildman–Crippen MR) is 66.5 cm³/mol. The molecule has 0 bridgehead atoms. The summed E-state index contributed by atoms with van der Waals surface area (Å²) in [5, 5.41) is 3.74. The van der Waals surface area contributed by atoms with Crippen molar-refractivity contribution in [3.05, 3.63) is 0 Å². The van der Waals surface area contributed by atoms with Gasteiger partial charge in [0.15, 0.2) is 0 Å². The van der Waals surface area contributed by atoms with Gasteiger partial charge in [-0.2, -0.15) is 11.8 Å². The number of ether oxygens (including phenoxy) is 1. The molecule has 0 saturated heterocycles. The van der Waals surface area contributed by atoms with Crippen molar-refractivity contribution in [3.63, 3.8) is 0 Å². The first-order valence-corrected chi connectivity index (χ1v) is 7.32. The van der Waals surface area contributed by atoms with Gasteiger partial charge in [-0.1, -0.05) is 0 Å². The molecule has 15 heavy (non-hydrogen) atoms. The highest BCUT2D eigenvalue weighted by Crippen LogP contribution is 2.46. The molecule has 2 nitrogen and oxygen atoms in total. The molecule has 1 N–H and O–H groups in total. The van der Waals surface area contributed by atoms with E-state index < -0.39 is 0 Å². The Hall–Kier alpha value is 0.270. The zero-order valence-corrected chi connectivity index (χ0v) is 10.7. The molecule has 0 aromatic heterocycles. The standard InChI is InChI=1S/C12H23NOS/c1-14-11-5-3-4-10(8-11)13-9-12(15-2)6-7-12/h10-11,13H,3-9H2,1-2H3. The van der Waals surface area contributed by atoms with Gasteiger partial charge in [0.2, 0.25) is 0 Å². The quantitative estimate of drug-likeness (QED) is 0.782. The summed E-state index contributed by atoms with van der Waals surface area (Å²) in [6.45, 7) is 1.20. The van der Waals surface area contributed by atoms with E-state index in [1.54, 1.807) is 0 Å². The minimum Gasteiger partial charge on any atom is -0.381 e. The Balaban J connectivity index is 1.70. The van der Waals surface area contributed by atoms with Gasteiger partial charge in [0.05, 0.1) is 6.10 Å². The van der Waals surface area contributed by atoms with E-state index >= 15 is 0 Å². The van der Waals surface area contributed by atoms with Crippen LogP contribution in [0, 0.1) is 0 Å². The largest absolute Gasteiger partial charge is 0.381 e. The zero-order valence-electron chi connectivity index (χ0n) is 9.92. The second kappa shape index (κ2) is 5.07. The fourth-order valence-corrected chi connectivity index (χ4v) is 3.21. The highest BCUT2D eigenvalue weighted by molar-refractivity contribution is 8.00. The Morgan fingerprint density at radius 3 is 2.80 bits per heavy atom. The average Bonchev–Trinajstić information content (AvgIpc) is 3.07. The monoisotopic (exact) mass is 229 g/mol. The maximum Gasteiger partial charge on any atom is 0.0586 e. The molecule has 0 aliphatic heterocycles. The van der Waals surface area contributed by atoms with Crippen molar-refractivity contribution >= 4 is 11.8 Å². The van der Waals surface area contributed by atoms with Gasteiger partial charge in [0, 0.05) is 24.4 Å². The van der Waals surface area contributed by atoms with Gasteiger partial charge in [-0.3, -0.25) is 0 Å². The van der Waals surface area contributed by atoms with Gasteiger partial charge in [0.25, 0.3) is 0 Å². The van der Waals surface area contributed by atoms with E-state index in [2.05, 4.69) is 11.6 Å². The molecule has 0 spiro atoms. The van der Waals surface area contributed by atoms with Gasteiger partial charge >= 0.3 is 0 Å². The first kappa shape index (κ1) is 11.7. The van der Waals surface area contributed by atoms with Crippen molar-refractivity contribution in [1.82, 2.24) is 5.32 Å². The summed E-state index contributed by atoms with van der Waals surface area (Å²) in [6.07, 6.45) is 10.7. The molecule has 3 heteroatoms. The predicted octanol–water partition coefficient (Wildman–Crippen LogP) is 2.43. The second-order valence-electron chi connectivity index (χ2n) is 4.99. The summed E-state index contributed by atoms with van der Waals surface area (Å²) >= 11 is 2.04. The molecule has 2 aliphatic rings. The Bertz CT molecular complexity index is 206. The van der Waals surface area contributed by atoms with Crippen LogP contribution in [0.3, 0.4) is 0 Å². The molecular weight excluding hydrogens is 206 g/mol. The van der Waals surface area contributed by atoms with Crippen molar-refractivity contribution < 1.29 is 4.74 Å². The molecule has 2 aliphatic carbocycles. The number of methoxy groups -OCH3 is 1. The van der Waals surface area contributed by atoms with Crippen LogP contribution in [0.15, 0.2) is 0 Å². The van der Waals surface area contributed by atoms with Crippen LogP contribution in [0.2, 0.25) is 0 Å². The third-order valence-corrected chi connectivity index (χ3v) is 5.33. The second-order valence-corrected chi connectivity index (χ2v) is 6.26. The van der Waals surface area contributed by atoms with Crippen molar-refractivity contribution in [2.75, 3.05) is 19.9 Å². The van der Waals surface area contributed by atoms with Crippen LogP contribution >= 0.6 is 11.8 Å². The molecule has 2 rings (SSSR count). The lowest BCUT2D eigenvalue weighted by atomic mass is 9.93. The third kappa shape index (κ3) is 3.11. The van der Waals surface area contributed by atoms with E-state index in [0.717, 1.165) is 0 Å². The molecule has 2 fully saturated rings. The topological polar surface area (TPSA) is 21.3 Å². The van der Waals surface area contributed by atoms with Crippen LogP contribution in [0.25, 0.3) is 0 Å². The lowest BCUT2D eigenvalue weighted by Gasteiger charge is -2.30. The first-order valence-electron chi connectivity index (χ1n) is 6.09. The van der Waals surface area contributed by atoms with E-state index in [4.69, 9.17) is 4.74 Å². The maximum absolute atomic E-state index is 5.45. The van der Waals surface area contributed by atoms with Crippen LogP contribution in [-0.2, 0) is 4.74 Å². The normalized spacial score (nSPS) is 34.0. The van der Waals surface area contributed by atoms with E-state index in [1.165, 1.54) is 45.1 Å². The smallest absolute Gasteiger partial charge is 0.0586 e.